The molecule has 1 amide bonds. The fourth-order valence-electron chi connectivity index (χ4n) is 8.73. The van der Waals surface area contributed by atoms with Crippen molar-refractivity contribution in [1.82, 2.24) is 5.32 Å². The second kappa shape index (κ2) is 54.7. The van der Waals surface area contributed by atoms with Gasteiger partial charge in [-0.15, -0.1) is 0 Å². The molecule has 382 valence electrons. The summed E-state index contributed by atoms with van der Waals surface area (Å²) in [6.45, 7) is 4.83. The summed E-state index contributed by atoms with van der Waals surface area (Å²) in [6, 6.07) is -0.629. The van der Waals surface area contributed by atoms with Gasteiger partial charge in [0.05, 0.1) is 25.4 Å². The van der Waals surface area contributed by atoms with E-state index in [2.05, 4.69) is 43.5 Å². The lowest BCUT2D eigenvalue weighted by Crippen LogP contribution is -2.45. The molecule has 0 rings (SSSR count). The van der Waals surface area contributed by atoms with Crippen molar-refractivity contribution in [3.05, 3.63) is 36.5 Å². The van der Waals surface area contributed by atoms with Gasteiger partial charge in [-0.25, -0.2) is 0 Å². The first-order valence-corrected chi connectivity index (χ1v) is 28.8. The van der Waals surface area contributed by atoms with Gasteiger partial charge in [0.1, 0.15) is 0 Å². The number of amides is 1. The Kier molecular flexibility index (Phi) is 53.1. The van der Waals surface area contributed by atoms with E-state index in [0.29, 0.717) is 19.4 Å². The summed E-state index contributed by atoms with van der Waals surface area (Å²) in [5.41, 5.74) is 0. The Morgan fingerprint density at radius 3 is 1.23 bits per heavy atom. The van der Waals surface area contributed by atoms with E-state index in [1.165, 1.54) is 225 Å². The van der Waals surface area contributed by atoms with E-state index >= 15 is 0 Å². The first-order valence-electron chi connectivity index (χ1n) is 28.8. The van der Waals surface area contributed by atoms with E-state index in [1.54, 1.807) is 6.08 Å². The number of carbonyl (C=O) groups is 2. The maximum Gasteiger partial charge on any atom is 0.305 e. The molecular formula is C59H111NO5. The maximum absolute atomic E-state index is 12.5. The van der Waals surface area contributed by atoms with Crippen molar-refractivity contribution >= 4 is 11.9 Å². The number of nitrogens with one attached hydrogen (secondary N) is 1. The quantitative estimate of drug-likeness (QED) is 0.0321. The van der Waals surface area contributed by atoms with E-state index in [0.717, 1.165) is 51.4 Å². The topological polar surface area (TPSA) is 95.9 Å². The fourth-order valence-corrected chi connectivity index (χ4v) is 8.73. The summed E-state index contributed by atoms with van der Waals surface area (Å²) in [6.07, 6.45) is 67.3. The molecule has 0 aliphatic heterocycles. The molecule has 6 heteroatoms. The van der Waals surface area contributed by atoms with E-state index < -0.39 is 12.1 Å². The van der Waals surface area contributed by atoms with Crippen LogP contribution in [0.1, 0.15) is 303 Å². The van der Waals surface area contributed by atoms with Crippen LogP contribution in [-0.2, 0) is 14.3 Å². The number of aliphatic hydroxyl groups is 2. The highest BCUT2D eigenvalue weighted by atomic mass is 16.5. The van der Waals surface area contributed by atoms with Crippen molar-refractivity contribution < 1.29 is 24.5 Å². The highest BCUT2D eigenvalue weighted by Gasteiger charge is 2.18. The van der Waals surface area contributed by atoms with Gasteiger partial charge in [-0.05, 0) is 57.8 Å². The van der Waals surface area contributed by atoms with Crippen LogP contribution in [0.25, 0.3) is 0 Å². The monoisotopic (exact) mass is 914 g/mol. The summed E-state index contributed by atoms with van der Waals surface area (Å²) in [7, 11) is 0. The summed E-state index contributed by atoms with van der Waals surface area (Å²) in [5.74, 6) is -0.0752. The van der Waals surface area contributed by atoms with Crippen LogP contribution < -0.4 is 5.32 Å². The lowest BCUT2D eigenvalue weighted by molar-refractivity contribution is -0.143. The van der Waals surface area contributed by atoms with Gasteiger partial charge in [-0.2, -0.15) is 0 Å². The molecule has 0 heterocycles. The Hall–Kier alpha value is -1.92. The average Bonchev–Trinajstić information content (AvgIpc) is 3.31. The number of hydrogen-bond donors (Lipinski definition) is 3. The van der Waals surface area contributed by atoms with Crippen LogP contribution in [0.3, 0.4) is 0 Å². The molecule has 0 aromatic heterocycles. The van der Waals surface area contributed by atoms with Crippen LogP contribution in [0.5, 0.6) is 0 Å². The number of ether oxygens (including phenoxy) is 1. The number of aliphatic hydroxyl groups excluding tert-OH is 2. The van der Waals surface area contributed by atoms with Crippen molar-refractivity contribution in [2.24, 2.45) is 0 Å². The standard InChI is InChI=1S/C59H111NO5/c1-3-5-7-9-11-13-15-17-24-28-31-35-39-43-47-51-57(62)56(55-61)60-58(63)52-48-44-40-36-32-29-25-22-20-18-19-21-23-26-30-34-38-42-46-50-54-65-59(64)53-49-45-41-37-33-27-16-14-12-10-8-6-4-2/h8,10,14,16,47,51,56-57,61-62H,3-7,9,11-13,15,17-46,48-50,52-55H2,1-2H3,(H,60,63)/b10-8-,16-14-,51-47+. The van der Waals surface area contributed by atoms with E-state index in [-0.39, 0.29) is 18.5 Å². The molecule has 2 atom stereocenters. The molecule has 0 aromatic rings. The number of hydrogen-bond acceptors (Lipinski definition) is 5. The van der Waals surface area contributed by atoms with Crippen molar-refractivity contribution in [3.63, 3.8) is 0 Å². The molecule has 6 nitrogen and oxygen atoms in total. The largest absolute Gasteiger partial charge is 0.466 e. The second-order valence-corrected chi connectivity index (χ2v) is 19.6. The van der Waals surface area contributed by atoms with Gasteiger partial charge in [0, 0.05) is 12.8 Å². The van der Waals surface area contributed by atoms with Gasteiger partial charge < -0.3 is 20.3 Å². The van der Waals surface area contributed by atoms with Gasteiger partial charge in [-0.3, -0.25) is 9.59 Å². The Balaban J connectivity index is 3.43. The van der Waals surface area contributed by atoms with Gasteiger partial charge >= 0.3 is 5.97 Å². The minimum Gasteiger partial charge on any atom is -0.466 e. The van der Waals surface area contributed by atoms with Crippen molar-refractivity contribution in [1.29, 1.82) is 0 Å². The Bertz CT molecular complexity index is 1060. The molecule has 0 spiro atoms. The molecule has 0 fully saturated rings. The number of allylic oxidation sites excluding steroid dienone is 5. The van der Waals surface area contributed by atoms with E-state index in [9.17, 15) is 19.8 Å². The molecule has 0 saturated heterocycles. The predicted octanol–water partition coefficient (Wildman–Crippen LogP) is 17.6. The molecule has 3 N–H and O–H groups in total. The van der Waals surface area contributed by atoms with Crippen molar-refractivity contribution in [2.75, 3.05) is 13.2 Å². The van der Waals surface area contributed by atoms with Gasteiger partial charge in [0.2, 0.25) is 5.91 Å². The molecule has 65 heavy (non-hydrogen) atoms. The first kappa shape index (κ1) is 63.1. The summed E-state index contributed by atoms with van der Waals surface area (Å²) < 4.78 is 5.46. The smallest absolute Gasteiger partial charge is 0.305 e. The normalized spacial score (nSPS) is 12.9. The van der Waals surface area contributed by atoms with Crippen LogP contribution in [0.4, 0.5) is 0 Å². The molecular weight excluding hydrogens is 803 g/mol. The Labute approximate surface area is 404 Å². The molecule has 0 aliphatic rings. The molecule has 0 aromatic carbocycles. The van der Waals surface area contributed by atoms with Crippen LogP contribution in [0.15, 0.2) is 36.5 Å². The van der Waals surface area contributed by atoms with E-state index in [1.807, 2.05) is 6.08 Å². The molecule has 0 bridgehead atoms. The third kappa shape index (κ3) is 51.3. The maximum atomic E-state index is 12.5. The Morgan fingerprint density at radius 1 is 0.431 bits per heavy atom. The zero-order valence-corrected chi connectivity index (χ0v) is 43.5. The lowest BCUT2D eigenvalue weighted by atomic mass is 10.0. The number of esters is 1. The van der Waals surface area contributed by atoms with Crippen LogP contribution in [0.2, 0.25) is 0 Å². The molecule has 0 aliphatic carbocycles. The van der Waals surface area contributed by atoms with Crippen molar-refractivity contribution in [3.8, 4) is 0 Å². The fraction of sp³-hybridized carbons (Fsp3) is 0.864. The van der Waals surface area contributed by atoms with Crippen LogP contribution in [0, 0.1) is 0 Å². The minimum absolute atomic E-state index is 0.00569. The van der Waals surface area contributed by atoms with Crippen molar-refractivity contribution in [2.45, 2.75) is 315 Å². The first-order chi connectivity index (χ1) is 32.0. The number of unbranched alkanes of at least 4 members (excludes halogenated alkanes) is 38. The third-order valence-corrected chi connectivity index (χ3v) is 13.1. The highest BCUT2D eigenvalue weighted by molar-refractivity contribution is 5.76. The number of carbonyl (C=O) groups excluding carboxylic acids is 2. The zero-order valence-electron chi connectivity index (χ0n) is 43.5. The highest BCUT2D eigenvalue weighted by Crippen LogP contribution is 2.17. The van der Waals surface area contributed by atoms with E-state index in [4.69, 9.17) is 4.74 Å². The SMILES string of the molecule is CCC/C=C\C/C=C\CCCCCCCC(=O)OCCCCCCCCCCCCCCCCCCCCCCC(=O)NC(CO)C(O)/C=C/CCCCCCCCCCCCCCC. The molecule has 2 unspecified atom stereocenters. The van der Waals surface area contributed by atoms with Crippen LogP contribution >= 0.6 is 0 Å². The van der Waals surface area contributed by atoms with Gasteiger partial charge in [-0.1, -0.05) is 269 Å². The van der Waals surface area contributed by atoms with Gasteiger partial charge in [0.25, 0.3) is 0 Å². The number of rotatable bonds is 53. The molecule has 0 radical (unpaired) electrons. The summed E-state index contributed by atoms with van der Waals surface area (Å²) >= 11 is 0. The predicted molar refractivity (Wildman–Crippen MR) is 283 cm³/mol. The Morgan fingerprint density at radius 2 is 0.800 bits per heavy atom. The lowest BCUT2D eigenvalue weighted by Gasteiger charge is -2.20. The summed E-state index contributed by atoms with van der Waals surface area (Å²) in [4.78, 5) is 24.5. The average molecular weight is 915 g/mol. The van der Waals surface area contributed by atoms with Crippen LogP contribution in [-0.4, -0.2) is 47.4 Å². The minimum atomic E-state index is -0.846. The molecule has 0 saturated carbocycles. The second-order valence-electron chi connectivity index (χ2n) is 19.6. The summed E-state index contributed by atoms with van der Waals surface area (Å²) in [5, 5.41) is 23.1. The van der Waals surface area contributed by atoms with Gasteiger partial charge in [0.15, 0.2) is 0 Å². The third-order valence-electron chi connectivity index (χ3n) is 13.1. The zero-order chi connectivity index (χ0) is 47.2.